The Balaban J connectivity index is 2.90. The van der Waals surface area contributed by atoms with Crippen molar-refractivity contribution in [1.82, 2.24) is 4.98 Å². The molecule has 11 heavy (non-hydrogen) atoms. The van der Waals surface area contributed by atoms with E-state index in [1.807, 2.05) is 5.38 Å². The van der Waals surface area contributed by atoms with Crippen molar-refractivity contribution in [2.75, 3.05) is 0 Å². The highest BCUT2D eigenvalue weighted by Crippen LogP contribution is 2.22. The summed E-state index contributed by atoms with van der Waals surface area (Å²) in [7, 11) is 0. The highest BCUT2D eigenvalue weighted by atomic mass is 32.1. The number of hydrogen-bond donors (Lipinski definition) is 2. The zero-order chi connectivity index (χ0) is 8.48. The first-order valence-electron chi connectivity index (χ1n) is 3.41. The molecule has 2 atom stereocenters. The third kappa shape index (κ3) is 1.58. The maximum atomic E-state index is 9.77. The van der Waals surface area contributed by atoms with Gasteiger partial charge in [-0.25, -0.2) is 4.98 Å². The van der Waals surface area contributed by atoms with E-state index in [0.29, 0.717) is 5.69 Å². The Morgan fingerprint density at radius 3 is 2.82 bits per heavy atom. The summed E-state index contributed by atoms with van der Waals surface area (Å²) in [5, 5.41) is 11.6. The Morgan fingerprint density at radius 2 is 2.45 bits per heavy atom. The van der Waals surface area contributed by atoms with Gasteiger partial charge < -0.3 is 10.8 Å². The van der Waals surface area contributed by atoms with Gasteiger partial charge in [-0.2, -0.15) is 0 Å². The van der Waals surface area contributed by atoms with Gasteiger partial charge >= 0.3 is 0 Å². The van der Waals surface area contributed by atoms with Crippen LogP contribution in [-0.2, 0) is 5.60 Å². The standard InChI is InChI=1S/C7H12N2OS/c1-5(8)7(2,10)6-3-11-4-9-6/h3-5,10H,8H2,1-2H3. The fourth-order valence-corrected chi connectivity index (χ4v) is 1.36. The van der Waals surface area contributed by atoms with Crippen molar-refractivity contribution in [1.29, 1.82) is 0 Å². The van der Waals surface area contributed by atoms with Crippen molar-refractivity contribution in [3.63, 3.8) is 0 Å². The van der Waals surface area contributed by atoms with Gasteiger partial charge in [-0.05, 0) is 13.8 Å². The van der Waals surface area contributed by atoms with Crippen LogP contribution in [0.1, 0.15) is 19.5 Å². The molecule has 0 aliphatic heterocycles. The molecule has 2 unspecified atom stereocenters. The number of nitrogens with zero attached hydrogens (tertiary/aromatic N) is 1. The van der Waals surface area contributed by atoms with Gasteiger partial charge in [-0.1, -0.05) is 0 Å². The van der Waals surface area contributed by atoms with Crippen molar-refractivity contribution in [2.45, 2.75) is 25.5 Å². The van der Waals surface area contributed by atoms with Gasteiger partial charge in [0.1, 0.15) is 5.60 Å². The lowest BCUT2D eigenvalue weighted by Gasteiger charge is -2.25. The zero-order valence-electron chi connectivity index (χ0n) is 6.61. The molecule has 0 aromatic carbocycles. The molecule has 0 spiro atoms. The Hall–Kier alpha value is -0.450. The molecule has 3 N–H and O–H groups in total. The summed E-state index contributed by atoms with van der Waals surface area (Å²) in [6, 6.07) is -0.301. The Kier molecular flexibility index (Phi) is 2.27. The molecule has 1 aromatic rings. The molecule has 0 radical (unpaired) electrons. The van der Waals surface area contributed by atoms with Crippen LogP contribution >= 0.6 is 11.3 Å². The summed E-state index contributed by atoms with van der Waals surface area (Å²) in [4.78, 5) is 4.00. The summed E-state index contributed by atoms with van der Waals surface area (Å²) in [6.45, 7) is 3.44. The fourth-order valence-electron chi connectivity index (χ4n) is 0.696. The topological polar surface area (TPSA) is 59.1 Å². The van der Waals surface area contributed by atoms with Crippen LogP contribution in [0.5, 0.6) is 0 Å². The average Bonchev–Trinajstić information content (AvgIpc) is 2.37. The molecular formula is C7H12N2OS. The molecule has 1 heterocycles. The van der Waals surface area contributed by atoms with Crippen molar-refractivity contribution in [2.24, 2.45) is 5.73 Å². The van der Waals surface area contributed by atoms with E-state index >= 15 is 0 Å². The molecule has 62 valence electrons. The predicted molar refractivity (Wildman–Crippen MR) is 45.3 cm³/mol. The van der Waals surface area contributed by atoms with Gasteiger partial charge in [0.25, 0.3) is 0 Å². The van der Waals surface area contributed by atoms with E-state index in [0.717, 1.165) is 0 Å². The largest absolute Gasteiger partial charge is 0.382 e. The van der Waals surface area contributed by atoms with Crippen LogP contribution in [0.25, 0.3) is 0 Å². The molecule has 0 saturated heterocycles. The minimum atomic E-state index is -1.00. The summed E-state index contributed by atoms with van der Waals surface area (Å²) < 4.78 is 0. The van der Waals surface area contributed by atoms with E-state index in [-0.39, 0.29) is 6.04 Å². The average molecular weight is 172 g/mol. The second kappa shape index (κ2) is 2.89. The van der Waals surface area contributed by atoms with Crippen LogP contribution in [0.2, 0.25) is 0 Å². The quantitative estimate of drug-likeness (QED) is 0.690. The number of rotatable bonds is 2. The third-order valence-electron chi connectivity index (χ3n) is 1.84. The maximum absolute atomic E-state index is 9.77. The van der Waals surface area contributed by atoms with Crippen molar-refractivity contribution < 1.29 is 5.11 Å². The monoisotopic (exact) mass is 172 g/mol. The van der Waals surface area contributed by atoms with Crippen LogP contribution in [0.4, 0.5) is 0 Å². The molecule has 4 heteroatoms. The number of hydrogen-bond acceptors (Lipinski definition) is 4. The van der Waals surface area contributed by atoms with E-state index in [4.69, 9.17) is 5.73 Å². The summed E-state index contributed by atoms with van der Waals surface area (Å²) in [5.41, 5.74) is 6.91. The highest BCUT2D eigenvalue weighted by molar-refractivity contribution is 7.07. The van der Waals surface area contributed by atoms with Crippen LogP contribution in [0.3, 0.4) is 0 Å². The summed E-state index contributed by atoms with van der Waals surface area (Å²) in [5.74, 6) is 0. The lowest BCUT2D eigenvalue weighted by Crippen LogP contribution is -2.40. The van der Waals surface area contributed by atoms with E-state index < -0.39 is 5.60 Å². The summed E-state index contributed by atoms with van der Waals surface area (Å²) in [6.07, 6.45) is 0. The Labute approximate surface area is 69.9 Å². The second-order valence-electron chi connectivity index (χ2n) is 2.81. The third-order valence-corrected chi connectivity index (χ3v) is 2.42. The van der Waals surface area contributed by atoms with Gasteiger partial charge in [0.2, 0.25) is 0 Å². The molecule has 0 bridgehead atoms. The van der Waals surface area contributed by atoms with Crippen molar-refractivity contribution in [3.05, 3.63) is 16.6 Å². The smallest absolute Gasteiger partial charge is 0.119 e. The molecular weight excluding hydrogens is 160 g/mol. The minimum Gasteiger partial charge on any atom is -0.382 e. The normalized spacial score (nSPS) is 19.3. The fraction of sp³-hybridized carbons (Fsp3) is 0.571. The van der Waals surface area contributed by atoms with Gasteiger partial charge in [-0.15, -0.1) is 11.3 Å². The molecule has 0 amide bonds. The Morgan fingerprint density at radius 1 is 1.82 bits per heavy atom. The SMILES string of the molecule is CC(N)C(C)(O)c1cscn1. The maximum Gasteiger partial charge on any atom is 0.119 e. The van der Waals surface area contributed by atoms with Crippen LogP contribution in [0, 0.1) is 0 Å². The van der Waals surface area contributed by atoms with E-state index in [1.165, 1.54) is 11.3 Å². The minimum absolute atomic E-state index is 0.301. The van der Waals surface area contributed by atoms with E-state index in [9.17, 15) is 5.11 Å². The number of thiazole rings is 1. The van der Waals surface area contributed by atoms with Crippen LogP contribution < -0.4 is 5.73 Å². The van der Waals surface area contributed by atoms with Gasteiger partial charge in [0.05, 0.1) is 11.2 Å². The van der Waals surface area contributed by atoms with Gasteiger partial charge in [0.15, 0.2) is 0 Å². The molecule has 1 rings (SSSR count). The van der Waals surface area contributed by atoms with Crippen LogP contribution in [0.15, 0.2) is 10.9 Å². The predicted octanol–water partition coefficient (Wildman–Crippen LogP) is 0.698. The van der Waals surface area contributed by atoms with E-state index in [1.54, 1.807) is 19.4 Å². The second-order valence-corrected chi connectivity index (χ2v) is 3.53. The summed E-state index contributed by atoms with van der Waals surface area (Å²) >= 11 is 1.46. The number of aliphatic hydroxyl groups is 1. The first kappa shape index (κ1) is 8.64. The Bertz CT molecular complexity index is 218. The first-order valence-corrected chi connectivity index (χ1v) is 4.36. The van der Waals surface area contributed by atoms with Crippen LogP contribution in [-0.4, -0.2) is 16.1 Å². The van der Waals surface area contributed by atoms with Crippen molar-refractivity contribution in [3.8, 4) is 0 Å². The molecule has 0 fully saturated rings. The zero-order valence-corrected chi connectivity index (χ0v) is 7.43. The van der Waals surface area contributed by atoms with Gasteiger partial charge in [0, 0.05) is 11.4 Å². The lowest BCUT2D eigenvalue weighted by molar-refractivity contribution is 0.0312. The molecule has 0 aliphatic carbocycles. The number of nitrogens with two attached hydrogens (primary N) is 1. The lowest BCUT2D eigenvalue weighted by atomic mass is 9.96. The molecule has 3 nitrogen and oxygen atoms in total. The molecule has 0 saturated carbocycles. The molecule has 0 aliphatic rings. The highest BCUT2D eigenvalue weighted by Gasteiger charge is 2.29. The van der Waals surface area contributed by atoms with Gasteiger partial charge in [-0.3, -0.25) is 0 Å². The molecule has 1 aromatic heterocycles. The van der Waals surface area contributed by atoms with Crippen molar-refractivity contribution >= 4 is 11.3 Å². The van der Waals surface area contributed by atoms with E-state index in [2.05, 4.69) is 4.98 Å². The first-order chi connectivity index (χ1) is 5.05. The number of aromatic nitrogens is 1.